The minimum atomic E-state index is -0.383. The van der Waals surface area contributed by atoms with Gasteiger partial charge >= 0.3 is 0 Å². The number of aromatic nitrogens is 1. The van der Waals surface area contributed by atoms with Crippen LogP contribution < -0.4 is 19.7 Å². The average Bonchev–Trinajstić information content (AvgIpc) is 2.92. The molecular formula is C31H38FN3O3. The number of halogens is 1. The molecule has 0 saturated carbocycles. The normalized spacial score (nSPS) is 13.4. The van der Waals surface area contributed by atoms with Gasteiger partial charge in [0, 0.05) is 60.5 Å². The summed E-state index contributed by atoms with van der Waals surface area (Å²) in [5, 5.41) is 2.86. The van der Waals surface area contributed by atoms with Crippen LogP contribution >= 0.6 is 0 Å². The van der Waals surface area contributed by atoms with Crippen LogP contribution in [0.25, 0.3) is 11.1 Å². The first-order chi connectivity index (χ1) is 18.4. The molecule has 4 rings (SSSR count). The van der Waals surface area contributed by atoms with Gasteiger partial charge < -0.3 is 19.7 Å². The highest BCUT2D eigenvalue weighted by Gasteiger charge is 2.17. The van der Waals surface area contributed by atoms with Crippen LogP contribution in [0, 0.1) is 11.7 Å². The average molecular weight is 520 g/mol. The van der Waals surface area contributed by atoms with Gasteiger partial charge in [-0.15, -0.1) is 0 Å². The number of ether oxygens (including phenoxy) is 2. The summed E-state index contributed by atoms with van der Waals surface area (Å²) in [6.07, 6.45) is 5.62. The van der Waals surface area contributed by atoms with E-state index in [-0.39, 0.29) is 24.7 Å². The van der Waals surface area contributed by atoms with Crippen molar-refractivity contribution in [2.24, 2.45) is 5.92 Å². The lowest BCUT2D eigenvalue weighted by molar-refractivity contribution is -0.120. The predicted molar refractivity (Wildman–Crippen MR) is 149 cm³/mol. The van der Waals surface area contributed by atoms with Crippen molar-refractivity contribution in [2.75, 3.05) is 31.2 Å². The van der Waals surface area contributed by atoms with Gasteiger partial charge in [-0.3, -0.25) is 9.78 Å². The highest BCUT2D eigenvalue weighted by molar-refractivity contribution is 5.81. The lowest BCUT2D eigenvalue weighted by Gasteiger charge is -2.31. The number of carbonyl (C=O) groups excluding carboxylic acids is 1. The zero-order valence-corrected chi connectivity index (χ0v) is 22.6. The van der Waals surface area contributed by atoms with Crippen LogP contribution in [0.2, 0.25) is 0 Å². The molecule has 1 aliphatic rings. The van der Waals surface area contributed by atoms with E-state index >= 15 is 0 Å². The van der Waals surface area contributed by atoms with Crippen molar-refractivity contribution < 1.29 is 18.7 Å². The summed E-state index contributed by atoms with van der Waals surface area (Å²) in [6.45, 7) is 9.48. The maximum Gasteiger partial charge on any atom is 0.226 e. The number of hydrogen-bond donors (Lipinski definition) is 1. The number of anilines is 1. The second-order valence-electron chi connectivity index (χ2n) is 10.2. The summed E-state index contributed by atoms with van der Waals surface area (Å²) in [5.74, 6) is 1.12. The largest absolute Gasteiger partial charge is 0.494 e. The highest BCUT2D eigenvalue weighted by atomic mass is 19.1. The second kappa shape index (κ2) is 13.3. The molecule has 0 bridgehead atoms. The maximum atomic E-state index is 14.0. The molecule has 1 aliphatic heterocycles. The Morgan fingerprint density at radius 1 is 1.03 bits per heavy atom. The first-order valence-electron chi connectivity index (χ1n) is 13.6. The number of rotatable bonds is 11. The Balaban J connectivity index is 1.40. The lowest BCUT2D eigenvalue weighted by Crippen LogP contribution is -2.29. The molecule has 0 spiro atoms. The van der Waals surface area contributed by atoms with Gasteiger partial charge in [-0.1, -0.05) is 19.9 Å². The molecule has 1 saturated heterocycles. The van der Waals surface area contributed by atoms with Crippen molar-refractivity contribution in [3.63, 3.8) is 0 Å². The Kier molecular flexibility index (Phi) is 9.57. The summed E-state index contributed by atoms with van der Waals surface area (Å²) in [4.78, 5) is 19.6. The van der Waals surface area contributed by atoms with Gasteiger partial charge in [0.25, 0.3) is 0 Å². The molecule has 7 heteroatoms. The van der Waals surface area contributed by atoms with Gasteiger partial charge in [-0.05, 0) is 68.0 Å². The van der Waals surface area contributed by atoms with Gasteiger partial charge in [-0.2, -0.15) is 0 Å². The molecule has 2 aromatic carbocycles. The molecule has 2 heterocycles. The Morgan fingerprint density at radius 2 is 1.84 bits per heavy atom. The number of amides is 1. The predicted octanol–water partition coefficient (Wildman–Crippen LogP) is 6.17. The zero-order chi connectivity index (χ0) is 26.9. The van der Waals surface area contributed by atoms with Crippen molar-refractivity contribution in [1.29, 1.82) is 0 Å². The summed E-state index contributed by atoms with van der Waals surface area (Å²) in [6, 6.07) is 14.7. The van der Waals surface area contributed by atoms with E-state index in [2.05, 4.69) is 27.3 Å². The number of benzene rings is 2. The molecule has 0 radical (unpaired) electrons. The molecule has 0 unspecified atom stereocenters. The molecule has 1 N–H and O–H groups in total. The van der Waals surface area contributed by atoms with Crippen LogP contribution in [-0.2, 0) is 17.8 Å². The van der Waals surface area contributed by atoms with Gasteiger partial charge in [0.1, 0.15) is 17.3 Å². The number of piperidine rings is 1. The fourth-order valence-corrected chi connectivity index (χ4v) is 4.59. The van der Waals surface area contributed by atoms with Crippen LogP contribution in [0.5, 0.6) is 11.5 Å². The van der Waals surface area contributed by atoms with Gasteiger partial charge in [0.05, 0.1) is 19.6 Å². The van der Waals surface area contributed by atoms with Crippen LogP contribution in [0.4, 0.5) is 10.1 Å². The Bertz CT molecular complexity index is 1210. The molecular weight excluding hydrogens is 481 g/mol. The molecule has 3 aromatic rings. The first kappa shape index (κ1) is 27.4. The molecule has 1 amide bonds. The van der Waals surface area contributed by atoms with E-state index in [1.165, 1.54) is 31.4 Å². The van der Waals surface area contributed by atoms with E-state index in [1.807, 2.05) is 45.2 Å². The van der Waals surface area contributed by atoms with E-state index < -0.39 is 0 Å². The van der Waals surface area contributed by atoms with Crippen LogP contribution in [0.1, 0.15) is 51.3 Å². The maximum absolute atomic E-state index is 14.0. The van der Waals surface area contributed by atoms with Gasteiger partial charge in [-0.25, -0.2) is 4.39 Å². The van der Waals surface area contributed by atoms with Gasteiger partial charge in [0.15, 0.2) is 0 Å². The zero-order valence-electron chi connectivity index (χ0n) is 22.6. The number of carbonyl (C=O) groups is 1. The van der Waals surface area contributed by atoms with Crippen molar-refractivity contribution in [3.8, 4) is 22.6 Å². The van der Waals surface area contributed by atoms with Crippen molar-refractivity contribution in [1.82, 2.24) is 10.3 Å². The summed E-state index contributed by atoms with van der Waals surface area (Å²) >= 11 is 0. The summed E-state index contributed by atoms with van der Waals surface area (Å²) in [7, 11) is 0. The Morgan fingerprint density at radius 3 is 2.55 bits per heavy atom. The minimum absolute atomic E-state index is 0.147. The quantitative estimate of drug-likeness (QED) is 0.328. The number of hydrogen-bond acceptors (Lipinski definition) is 5. The lowest BCUT2D eigenvalue weighted by atomic mass is 10.0. The Labute approximate surface area is 225 Å². The fourth-order valence-electron chi connectivity index (χ4n) is 4.59. The van der Waals surface area contributed by atoms with E-state index in [9.17, 15) is 9.18 Å². The molecule has 202 valence electrons. The molecule has 38 heavy (non-hydrogen) atoms. The molecule has 0 aliphatic carbocycles. The smallest absolute Gasteiger partial charge is 0.226 e. The monoisotopic (exact) mass is 519 g/mol. The van der Waals surface area contributed by atoms with E-state index in [0.29, 0.717) is 36.1 Å². The van der Waals surface area contributed by atoms with E-state index in [1.54, 1.807) is 6.07 Å². The number of nitrogens with zero attached hydrogens (tertiary/aromatic N) is 2. The standard InChI is InChI=1S/C31H38FN3O3/c1-4-37-27-10-11-29(30(18-27)35-12-6-5-7-13-35)24-8-9-26(33-20-24)17-31(36)34-19-23-14-25(32)16-28(15-23)38-21-22(2)3/h8-11,14-16,18,20,22H,4-7,12-13,17,19,21H2,1-3H3,(H,34,36). The molecule has 0 atom stereocenters. The summed E-state index contributed by atoms with van der Waals surface area (Å²) in [5.41, 5.74) is 4.61. The van der Waals surface area contributed by atoms with Gasteiger partial charge in [0.2, 0.25) is 5.91 Å². The Hall–Kier alpha value is -3.61. The fraction of sp³-hybridized carbons (Fsp3) is 0.419. The number of pyridine rings is 1. The molecule has 1 aromatic heterocycles. The first-order valence-corrected chi connectivity index (χ1v) is 13.6. The van der Waals surface area contributed by atoms with Crippen molar-refractivity contribution in [3.05, 3.63) is 71.8 Å². The second-order valence-corrected chi connectivity index (χ2v) is 10.2. The number of nitrogens with one attached hydrogen (secondary N) is 1. The van der Waals surface area contributed by atoms with E-state index in [4.69, 9.17) is 9.47 Å². The summed E-state index contributed by atoms with van der Waals surface area (Å²) < 4.78 is 25.4. The van der Waals surface area contributed by atoms with Crippen LogP contribution in [0.15, 0.2) is 54.7 Å². The third kappa shape index (κ3) is 7.70. The highest BCUT2D eigenvalue weighted by Crippen LogP contribution is 2.35. The molecule has 1 fully saturated rings. The van der Waals surface area contributed by atoms with Crippen LogP contribution in [0.3, 0.4) is 0 Å². The van der Waals surface area contributed by atoms with Crippen molar-refractivity contribution in [2.45, 2.75) is 53.0 Å². The van der Waals surface area contributed by atoms with Crippen LogP contribution in [-0.4, -0.2) is 37.2 Å². The van der Waals surface area contributed by atoms with E-state index in [0.717, 1.165) is 35.7 Å². The third-order valence-electron chi connectivity index (χ3n) is 6.46. The van der Waals surface area contributed by atoms with Crippen molar-refractivity contribution >= 4 is 11.6 Å². The minimum Gasteiger partial charge on any atom is -0.494 e. The third-order valence-corrected chi connectivity index (χ3v) is 6.46. The SMILES string of the molecule is CCOc1ccc(-c2ccc(CC(=O)NCc3cc(F)cc(OCC(C)C)c3)nc2)c(N2CCCCC2)c1. The topological polar surface area (TPSA) is 63.7 Å². The molecule has 6 nitrogen and oxygen atoms in total.